The van der Waals surface area contributed by atoms with E-state index in [0.29, 0.717) is 16.3 Å². The Hall–Kier alpha value is -3.13. The van der Waals surface area contributed by atoms with Crippen LogP contribution in [0.2, 0.25) is 5.02 Å². The lowest BCUT2D eigenvalue weighted by Gasteiger charge is -2.21. The van der Waals surface area contributed by atoms with Crippen molar-refractivity contribution >= 4 is 23.3 Å². The van der Waals surface area contributed by atoms with Gasteiger partial charge >= 0.3 is 5.97 Å². The first-order valence-corrected chi connectivity index (χ1v) is 9.26. The molecule has 2 heterocycles. The quantitative estimate of drug-likeness (QED) is 0.621. The Kier molecular flexibility index (Phi) is 6.03. The number of rotatable bonds is 6. The van der Waals surface area contributed by atoms with Gasteiger partial charge < -0.3 is 14.6 Å². The minimum atomic E-state index is -0.885. The van der Waals surface area contributed by atoms with E-state index >= 15 is 0 Å². The zero-order valence-electron chi connectivity index (χ0n) is 16.1. The van der Waals surface area contributed by atoms with E-state index in [1.165, 1.54) is 17.9 Å². The highest BCUT2D eigenvalue weighted by molar-refractivity contribution is 6.30. The van der Waals surface area contributed by atoms with Crippen molar-refractivity contribution < 1.29 is 13.9 Å². The van der Waals surface area contributed by atoms with Crippen molar-refractivity contribution in [2.24, 2.45) is 14.1 Å². The average Bonchev–Trinajstić information content (AvgIpc) is 3.06. The lowest BCUT2D eigenvalue weighted by Crippen LogP contribution is -2.22. The van der Waals surface area contributed by atoms with E-state index in [-0.39, 0.29) is 12.3 Å². The standard InChI is InChI=1S/C20H20ClFN4O3/c1-4-29-20(28)18-15(11-26(3)24-18)17(12-5-7-13(21)8-6-12)23-14-9-16(22)19(27)25(2)10-14/h5-11,17,23H,4H2,1-3H3. The third-order valence-electron chi connectivity index (χ3n) is 4.29. The third kappa shape index (κ3) is 4.48. The number of aryl methyl sites for hydroxylation is 2. The third-order valence-corrected chi connectivity index (χ3v) is 4.54. The molecular formula is C20H20ClFN4O3. The van der Waals surface area contributed by atoms with E-state index in [4.69, 9.17) is 16.3 Å². The van der Waals surface area contributed by atoms with E-state index in [0.717, 1.165) is 16.2 Å². The lowest BCUT2D eigenvalue weighted by atomic mass is 9.98. The molecule has 2 aromatic heterocycles. The predicted molar refractivity (Wildman–Crippen MR) is 108 cm³/mol. The molecule has 152 valence electrons. The number of hydrogen-bond acceptors (Lipinski definition) is 5. The Morgan fingerprint density at radius 1 is 1.28 bits per heavy atom. The number of ether oxygens (including phenoxy) is 1. The van der Waals surface area contributed by atoms with Crippen molar-refractivity contribution in [3.8, 4) is 0 Å². The van der Waals surface area contributed by atoms with Gasteiger partial charge in [0.15, 0.2) is 11.5 Å². The average molecular weight is 419 g/mol. The number of carbonyl (C=O) groups is 1. The summed E-state index contributed by atoms with van der Waals surface area (Å²) in [6.45, 7) is 1.92. The predicted octanol–water partition coefficient (Wildman–Crippen LogP) is 3.29. The normalized spacial score (nSPS) is 11.9. The summed E-state index contributed by atoms with van der Waals surface area (Å²) in [5.74, 6) is -1.44. The van der Waals surface area contributed by atoms with Gasteiger partial charge in [0, 0.05) is 43.1 Å². The van der Waals surface area contributed by atoms with Gasteiger partial charge in [0.1, 0.15) is 0 Å². The summed E-state index contributed by atoms with van der Waals surface area (Å²) < 4.78 is 21.8. The van der Waals surface area contributed by atoms with E-state index in [9.17, 15) is 14.0 Å². The van der Waals surface area contributed by atoms with Gasteiger partial charge in [0.05, 0.1) is 18.3 Å². The number of benzene rings is 1. The zero-order chi connectivity index (χ0) is 21.1. The first-order chi connectivity index (χ1) is 13.8. The van der Waals surface area contributed by atoms with Crippen molar-refractivity contribution in [3.05, 3.63) is 80.7 Å². The second kappa shape index (κ2) is 8.48. The van der Waals surface area contributed by atoms with Crippen molar-refractivity contribution in [3.63, 3.8) is 0 Å². The summed E-state index contributed by atoms with van der Waals surface area (Å²) in [5, 5.41) is 7.97. The molecule has 0 aliphatic heterocycles. The second-order valence-corrected chi connectivity index (χ2v) is 6.89. The molecule has 0 amide bonds. The molecule has 0 aliphatic rings. The summed E-state index contributed by atoms with van der Waals surface area (Å²) in [5.41, 5.74) is 1.09. The highest BCUT2D eigenvalue weighted by atomic mass is 35.5. The maximum atomic E-state index is 14.0. The molecule has 1 unspecified atom stereocenters. The molecule has 3 aromatic rings. The molecule has 0 aliphatic carbocycles. The fraction of sp³-hybridized carbons (Fsp3) is 0.250. The number of pyridine rings is 1. The Morgan fingerprint density at radius 2 is 1.97 bits per heavy atom. The van der Waals surface area contributed by atoms with Crippen molar-refractivity contribution in [1.82, 2.24) is 14.3 Å². The Labute approximate surface area is 171 Å². The maximum Gasteiger partial charge on any atom is 0.359 e. The number of esters is 1. The van der Waals surface area contributed by atoms with Crippen LogP contribution in [0.4, 0.5) is 10.1 Å². The number of nitrogens with one attached hydrogen (secondary N) is 1. The van der Waals surface area contributed by atoms with E-state index in [1.807, 2.05) is 0 Å². The number of carbonyl (C=O) groups excluding carboxylic acids is 1. The number of aromatic nitrogens is 3. The first kappa shape index (κ1) is 20.6. The zero-order valence-corrected chi connectivity index (χ0v) is 16.9. The van der Waals surface area contributed by atoms with Crippen molar-refractivity contribution in [2.45, 2.75) is 13.0 Å². The van der Waals surface area contributed by atoms with Crippen LogP contribution >= 0.6 is 11.6 Å². The van der Waals surface area contributed by atoms with Crippen molar-refractivity contribution in [2.75, 3.05) is 11.9 Å². The molecule has 0 saturated heterocycles. The molecule has 0 fully saturated rings. The van der Waals surface area contributed by atoms with Crippen LogP contribution in [-0.2, 0) is 18.8 Å². The molecule has 1 aromatic carbocycles. The molecule has 0 spiro atoms. The molecule has 1 atom stereocenters. The van der Waals surface area contributed by atoms with Gasteiger partial charge in [-0.1, -0.05) is 23.7 Å². The highest BCUT2D eigenvalue weighted by Crippen LogP contribution is 2.30. The van der Waals surface area contributed by atoms with Gasteiger partial charge in [-0.2, -0.15) is 5.10 Å². The Balaban J connectivity index is 2.11. The van der Waals surface area contributed by atoms with Crippen LogP contribution in [0, 0.1) is 5.82 Å². The minimum Gasteiger partial charge on any atom is -0.461 e. The monoisotopic (exact) mass is 418 g/mol. The van der Waals surface area contributed by atoms with Crippen molar-refractivity contribution in [1.29, 1.82) is 0 Å². The largest absolute Gasteiger partial charge is 0.461 e. The summed E-state index contributed by atoms with van der Waals surface area (Å²) in [6, 6.07) is 7.56. The summed E-state index contributed by atoms with van der Waals surface area (Å²) >= 11 is 6.01. The number of hydrogen-bond donors (Lipinski definition) is 1. The lowest BCUT2D eigenvalue weighted by molar-refractivity contribution is 0.0517. The van der Waals surface area contributed by atoms with Crippen LogP contribution in [0.25, 0.3) is 0 Å². The minimum absolute atomic E-state index is 0.145. The molecule has 1 N–H and O–H groups in total. The van der Waals surface area contributed by atoms with E-state index in [2.05, 4.69) is 10.4 Å². The number of nitrogens with zero attached hydrogens (tertiary/aromatic N) is 3. The highest BCUT2D eigenvalue weighted by Gasteiger charge is 2.26. The van der Waals surface area contributed by atoms with E-state index in [1.54, 1.807) is 44.4 Å². The number of anilines is 1. The molecule has 7 nitrogen and oxygen atoms in total. The van der Waals surface area contributed by atoms with Crippen LogP contribution in [0.15, 0.2) is 47.5 Å². The first-order valence-electron chi connectivity index (χ1n) is 8.89. The van der Waals surface area contributed by atoms with E-state index < -0.39 is 23.4 Å². The van der Waals surface area contributed by atoms with Gasteiger partial charge in [-0.3, -0.25) is 9.48 Å². The molecule has 0 radical (unpaired) electrons. The van der Waals surface area contributed by atoms with Gasteiger partial charge in [-0.25, -0.2) is 9.18 Å². The van der Waals surface area contributed by atoms with Crippen LogP contribution < -0.4 is 10.9 Å². The SMILES string of the molecule is CCOC(=O)c1nn(C)cc1C(Nc1cc(F)c(=O)n(C)c1)c1ccc(Cl)cc1. The van der Waals surface area contributed by atoms with Gasteiger partial charge in [0.2, 0.25) is 0 Å². The summed E-state index contributed by atoms with van der Waals surface area (Å²) in [7, 11) is 3.15. The number of halogens is 2. The van der Waals surface area contributed by atoms with Gasteiger partial charge in [0.25, 0.3) is 5.56 Å². The van der Waals surface area contributed by atoms with Crippen LogP contribution in [0.1, 0.15) is 34.6 Å². The van der Waals surface area contributed by atoms with Gasteiger partial charge in [-0.05, 0) is 24.6 Å². The summed E-state index contributed by atoms with van der Waals surface area (Å²) in [4.78, 5) is 24.1. The summed E-state index contributed by atoms with van der Waals surface area (Å²) in [6.07, 6.45) is 3.17. The van der Waals surface area contributed by atoms with Crippen LogP contribution in [0.3, 0.4) is 0 Å². The molecule has 3 rings (SSSR count). The fourth-order valence-corrected chi connectivity index (χ4v) is 3.11. The Bertz CT molecular complexity index is 1070. The molecule has 29 heavy (non-hydrogen) atoms. The maximum absolute atomic E-state index is 14.0. The smallest absolute Gasteiger partial charge is 0.359 e. The topological polar surface area (TPSA) is 78.2 Å². The fourth-order valence-electron chi connectivity index (χ4n) is 2.99. The van der Waals surface area contributed by atoms with Crippen LogP contribution in [-0.4, -0.2) is 26.9 Å². The van der Waals surface area contributed by atoms with Gasteiger partial charge in [-0.15, -0.1) is 0 Å². The molecule has 9 heteroatoms. The molecule has 0 bridgehead atoms. The van der Waals surface area contributed by atoms with Crippen LogP contribution in [0.5, 0.6) is 0 Å². The second-order valence-electron chi connectivity index (χ2n) is 6.45. The molecule has 0 saturated carbocycles. The Morgan fingerprint density at radius 3 is 2.59 bits per heavy atom. The molecular weight excluding hydrogens is 399 g/mol.